The van der Waals surface area contributed by atoms with E-state index in [0.29, 0.717) is 5.75 Å². The van der Waals surface area contributed by atoms with Crippen LogP contribution in [0.5, 0.6) is 5.75 Å². The lowest BCUT2D eigenvalue weighted by molar-refractivity contribution is 0.144. The molecule has 3 nitrogen and oxygen atoms in total. The van der Waals surface area contributed by atoms with Gasteiger partial charge in [-0.25, -0.2) is 4.79 Å². The topological polar surface area (TPSA) is 46.5 Å². The molecular formula is C18H18O3S. The van der Waals surface area contributed by atoms with E-state index in [1.165, 1.54) is 16.0 Å². The predicted molar refractivity (Wildman–Crippen MR) is 88.9 cm³/mol. The first kappa shape index (κ1) is 14.9. The van der Waals surface area contributed by atoms with Crippen molar-refractivity contribution in [3.8, 4) is 5.75 Å². The summed E-state index contributed by atoms with van der Waals surface area (Å²) in [6.07, 6.45) is 1.94. The molecule has 0 amide bonds. The molecule has 0 bridgehead atoms. The molecule has 0 spiro atoms. The van der Waals surface area contributed by atoms with Gasteiger partial charge >= 0.3 is 6.16 Å². The quantitative estimate of drug-likeness (QED) is 0.610. The molecular weight excluding hydrogens is 296 g/mol. The Bertz CT molecular complexity index is 755. The van der Waals surface area contributed by atoms with Crippen LogP contribution >= 0.6 is 11.3 Å². The molecule has 1 N–H and O–H groups in total. The Kier molecular flexibility index (Phi) is 3.57. The zero-order chi connectivity index (χ0) is 15.9. The number of benzene rings is 1. The number of carboxylic acid groups (broad SMARTS) is 1. The number of allylic oxidation sites excluding steroid dienone is 1. The van der Waals surface area contributed by atoms with Crippen molar-refractivity contribution in [2.45, 2.75) is 32.6 Å². The van der Waals surface area contributed by atoms with Crippen LogP contribution < -0.4 is 4.74 Å². The van der Waals surface area contributed by atoms with E-state index >= 15 is 0 Å². The van der Waals surface area contributed by atoms with E-state index < -0.39 is 6.16 Å². The van der Waals surface area contributed by atoms with Crippen molar-refractivity contribution in [3.63, 3.8) is 0 Å². The van der Waals surface area contributed by atoms with Gasteiger partial charge in [-0.3, -0.25) is 0 Å². The van der Waals surface area contributed by atoms with Gasteiger partial charge in [-0.1, -0.05) is 32.1 Å². The monoisotopic (exact) mass is 314 g/mol. The minimum Gasteiger partial charge on any atom is -0.449 e. The van der Waals surface area contributed by atoms with E-state index in [1.807, 2.05) is 19.1 Å². The fourth-order valence-corrected chi connectivity index (χ4v) is 3.81. The Hall–Kier alpha value is -2.07. The Morgan fingerprint density at radius 2 is 2.09 bits per heavy atom. The molecule has 0 saturated heterocycles. The summed E-state index contributed by atoms with van der Waals surface area (Å²) in [5.74, 6) is 0.409. The third kappa shape index (κ3) is 2.44. The van der Waals surface area contributed by atoms with Crippen molar-refractivity contribution in [3.05, 3.63) is 57.3 Å². The number of thiophene rings is 1. The van der Waals surface area contributed by atoms with E-state index in [-0.39, 0.29) is 5.41 Å². The molecule has 114 valence electrons. The van der Waals surface area contributed by atoms with Crippen LogP contribution in [0.15, 0.2) is 35.7 Å². The summed E-state index contributed by atoms with van der Waals surface area (Å²) in [7, 11) is 0. The Balaban J connectivity index is 2.22. The van der Waals surface area contributed by atoms with Gasteiger partial charge in [0.05, 0.1) is 0 Å². The van der Waals surface area contributed by atoms with E-state index in [0.717, 1.165) is 17.5 Å². The van der Waals surface area contributed by atoms with Gasteiger partial charge in [0.15, 0.2) is 0 Å². The molecule has 1 aliphatic rings. The average molecular weight is 314 g/mol. The maximum atomic E-state index is 10.9. The zero-order valence-electron chi connectivity index (χ0n) is 12.8. The summed E-state index contributed by atoms with van der Waals surface area (Å²) in [4.78, 5) is 12.1. The molecule has 0 saturated carbocycles. The van der Waals surface area contributed by atoms with E-state index in [9.17, 15) is 4.79 Å². The molecule has 0 atom stereocenters. The Labute approximate surface area is 133 Å². The average Bonchev–Trinajstić information content (AvgIpc) is 2.95. The fraction of sp³-hybridized carbons (Fsp3) is 0.278. The summed E-state index contributed by atoms with van der Waals surface area (Å²) in [6, 6.07) is 7.90. The second-order valence-electron chi connectivity index (χ2n) is 6.16. The second-order valence-corrected chi connectivity index (χ2v) is 7.11. The molecule has 1 heterocycles. The van der Waals surface area contributed by atoms with Crippen LogP contribution in [0.25, 0.3) is 5.57 Å². The van der Waals surface area contributed by atoms with Gasteiger partial charge in [0.25, 0.3) is 0 Å². The van der Waals surface area contributed by atoms with E-state index in [1.54, 1.807) is 17.4 Å². The number of hydrogen-bond donors (Lipinski definition) is 1. The molecule has 4 heteroatoms. The number of ether oxygens (including phenoxy) is 1. The zero-order valence-corrected chi connectivity index (χ0v) is 13.7. The molecule has 1 aromatic heterocycles. The van der Waals surface area contributed by atoms with Crippen LogP contribution in [0.1, 0.15) is 41.8 Å². The predicted octanol–water partition coefficient (Wildman–Crippen LogP) is 5.23. The van der Waals surface area contributed by atoms with Gasteiger partial charge in [-0.15, -0.1) is 11.3 Å². The van der Waals surface area contributed by atoms with E-state index in [4.69, 9.17) is 9.84 Å². The number of fused-ring (bicyclic) bond motifs is 1. The summed E-state index contributed by atoms with van der Waals surface area (Å²) >= 11 is 1.70. The Morgan fingerprint density at radius 3 is 2.73 bits per heavy atom. The highest BCUT2D eigenvalue weighted by molar-refractivity contribution is 7.11. The van der Waals surface area contributed by atoms with Gasteiger partial charge in [-0.2, -0.15) is 0 Å². The highest BCUT2D eigenvalue weighted by Crippen LogP contribution is 2.45. The molecule has 2 aromatic rings. The first-order chi connectivity index (χ1) is 10.4. The lowest BCUT2D eigenvalue weighted by Crippen LogP contribution is -2.23. The van der Waals surface area contributed by atoms with Gasteiger partial charge in [0, 0.05) is 10.4 Å². The lowest BCUT2D eigenvalue weighted by Gasteiger charge is -2.33. The number of hydrogen-bond acceptors (Lipinski definition) is 3. The highest BCUT2D eigenvalue weighted by Gasteiger charge is 2.31. The summed E-state index contributed by atoms with van der Waals surface area (Å²) in [5, 5.41) is 11.0. The number of carbonyl (C=O) groups is 1. The molecule has 1 aliphatic carbocycles. The molecule has 22 heavy (non-hydrogen) atoms. The standard InChI is InChI=1S/C18H18O3S/c1-11-14(21-17(19)20)7-6-13-16(11)12(8-9-18(13,2)3)15-5-4-10-22-15/h4-8,10H,9H2,1-3H3,(H,19,20). The van der Waals surface area contributed by atoms with Crippen LogP contribution in [0, 0.1) is 6.92 Å². The summed E-state index contributed by atoms with van der Waals surface area (Å²) < 4.78 is 4.94. The maximum Gasteiger partial charge on any atom is 0.511 e. The molecule has 3 rings (SSSR count). The summed E-state index contributed by atoms with van der Waals surface area (Å²) in [5.41, 5.74) is 4.44. The van der Waals surface area contributed by atoms with Crippen LogP contribution in [0.4, 0.5) is 4.79 Å². The normalized spacial score (nSPS) is 15.9. The number of rotatable bonds is 2. The van der Waals surface area contributed by atoms with Crippen molar-refractivity contribution >= 4 is 23.1 Å². The van der Waals surface area contributed by atoms with Crippen molar-refractivity contribution in [2.75, 3.05) is 0 Å². The first-order valence-electron chi connectivity index (χ1n) is 7.19. The van der Waals surface area contributed by atoms with Crippen LogP contribution in [0.3, 0.4) is 0 Å². The molecule has 0 unspecified atom stereocenters. The minimum atomic E-state index is -1.28. The highest BCUT2D eigenvalue weighted by atomic mass is 32.1. The third-order valence-corrected chi connectivity index (χ3v) is 5.12. The van der Waals surface area contributed by atoms with Crippen molar-refractivity contribution in [2.24, 2.45) is 0 Å². The maximum absolute atomic E-state index is 10.9. The third-order valence-electron chi connectivity index (χ3n) is 4.21. The van der Waals surface area contributed by atoms with Crippen LogP contribution in [-0.4, -0.2) is 11.3 Å². The Morgan fingerprint density at radius 1 is 1.32 bits per heavy atom. The molecule has 0 aliphatic heterocycles. The van der Waals surface area contributed by atoms with Gasteiger partial charge < -0.3 is 9.84 Å². The fourth-order valence-electron chi connectivity index (χ4n) is 3.03. The molecule has 0 radical (unpaired) electrons. The molecule has 0 fully saturated rings. The minimum absolute atomic E-state index is 0.0304. The van der Waals surface area contributed by atoms with Crippen LogP contribution in [0.2, 0.25) is 0 Å². The van der Waals surface area contributed by atoms with Crippen molar-refractivity contribution < 1.29 is 14.6 Å². The SMILES string of the molecule is Cc1c(OC(=O)O)ccc2c1C(c1cccs1)=CCC2(C)C. The van der Waals surface area contributed by atoms with Crippen molar-refractivity contribution in [1.82, 2.24) is 0 Å². The lowest BCUT2D eigenvalue weighted by atomic mass is 9.72. The largest absolute Gasteiger partial charge is 0.511 e. The summed E-state index contributed by atoms with van der Waals surface area (Å²) in [6.45, 7) is 6.36. The van der Waals surface area contributed by atoms with Crippen molar-refractivity contribution in [1.29, 1.82) is 0 Å². The van der Waals surface area contributed by atoms with Crippen LogP contribution in [-0.2, 0) is 5.41 Å². The van der Waals surface area contributed by atoms with Gasteiger partial charge in [-0.05, 0) is 53.0 Å². The molecule has 1 aromatic carbocycles. The smallest absolute Gasteiger partial charge is 0.449 e. The van der Waals surface area contributed by atoms with E-state index in [2.05, 4.69) is 31.4 Å². The van der Waals surface area contributed by atoms with Gasteiger partial charge in [0.1, 0.15) is 5.75 Å². The second kappa shape index (κ2) is 5.29. The van der Waals surface area contributed by atoms with Gasteiger partial charge in [0.2, 0.25) is 0 Å². The first-order valence-corrected chi connectivity index (χ1v) is 8.07.